The average Bonchev–Trinajstić information content (AvgIpc) is 3.43. The van der Waals surface area contributed by atoms with Gasteiger partial charge in [0.2, 0.25) is 0 Å². The van der Waals surface area contributed by atoms with Crippen LogP contribution in [-0.4, -0.2) is 75.0 Å². The summed E-state index contributed by atoms with van der Waals surface area (Å²) in [6.07, 6.45) is 0.563. The van der Waals surface area contributed by atoms with E-state index in [1.807, 2.05) is 30.3 Å². The zero-order valence-corrected chi connectivity index (χ0v) is 21.8. The first-order valence-electron chi connectivity index (χ1n) is 11.0. The van der Waals surface area contributed by atoms with E-state index in [1.165, 1.54) is 6.33 Å². The highest BCUT2D eigenvalue weighted by Crippen LogP contribution is 2.41. The fourth-order valence-corrected chi connectivity index (χ4v) is 4.97. The molecule has 2 aliphatic rings. The van der Waals surface area contributed by atoms with Crippen molar-refractivity contribution in [3.8, 4) is 11.5 Å². The van der Waals surface area contributed by atoms with Gasteiger partial charge in [0, 0.05) is 35.8 Å². The summed E-state index contributed by atoms with van der Waals surface area (Å²) in [7, 11) is 4.86. The number of hydrogen-bond acceptors (Lipinski definition) is 9. The Morgan fingerprint density at radius 2 is 2.00 bits per heavy atom. The predicted molar refractivity (Wildman–Crippen MR) is 134 cm³/mol. The molecule has 0 bridgehead atoms. The summed E-state index contributed by atoms with van der Waals surface area (Å²) in [6.45, 7) is 1.09. The van der Waals surface area contributed by atoms with Crippen LogP contribution in [0.2, 0.25) is 5.02 Å². The number of nitrogens with one attached hydrogen (secondary N) is 1. The van der Waals surface area contributed by atoms with Crippen LogP contribution in [-0.2, 0) is 18.9 Å². The molecule has 0 unspecified atom stereocenters. The Hall–Kier alpha value is -2.21. The second kappa shape index (κ2) is 10.0. The van der Waals surface area contributed by atoms with Gasteiger partial charge in [-0.05, 0) is 40.2 Å². The molecule has 0 saturated carbocycles. The van der Waals surface area contributed by atoms with E-state index in [9.17, 15) is 0 Å². The third-order valence-corrected chi connectivity index (χ3v) is 7.55. The molecule has 9 nitrogen and oxygen atoms in total. The van der Waals surface area contributed by atoms with E-state index in [4.69, 9.17) is 40.0 Å². The second-order valence-corrected chi connectivity index (χ2v) is 9.65. The highest BCUT2D eigenvalue weighted by atomic mass is 79.9. The van der Waals surface area contributed by atoms with Gasteiger partial charge in [-0.1, -0.05) is 11.6 Å². The minimum atomic E-state index is -0.658. The van der Waals surface area contributed by atoms with Crippen LogP contribution in [0.15, 0.2) is 41.1 Å². The third-order valence-electron chi connectivity index (χ3n) is 6.32. The minimum Gasteiger partial charge on any atom is -0.493 e. The molecule has 2 aromatic carbocycles. The number of aromatic nitrogens is 2. The molecule has 0 aliphatic carbocycles. The number of hydrogen-bond donors (Lipinski definition) is 1. The van der Waals surface area contributed by atoms with Crippen molar-refractivity contribution in [3.05, 3.63) is 46.2 Å². The summed E-state index contributed by atoms with van der Waals surface area (Å²) in [5.41, 5.74) is 0.826. The van der Waals surface area contributed by atoms with Gasteiger partial charge in [0.25, 0.3) is 0 Å². The number of benzene rings is 2. The Morgan fingerprint density at radius 3 is 2.74 bits per heavy atom. The van der Waals surface area contributed by atoms with Crippen LogP contribution in [0.1, 0.15) is 0 Å². The molecule has 2 fully saturated rings. The lowest BCUT2D eigenvalue weighted by molar-refractivity contribution is -0.126. The van der Waals surface area contributed by atoms with E-state index >= 15 is 0 Å². The van der Waals surface area contributed by atoms with Gasteiger partial charge in [-0.15, -0.1) is 0 Å². The lowest BCUT2D eigenvalue weighted by Gasteiger charge is -2.30. The van der Waals surface area contributed by atoms with Crippen molar-refractivity contribution in [2.24, 2.45) is 0 Å². The summed E-state index contributed by atoms with van der Waals surface area (Å²) in [6, 6.07) is 9.27. The number of nitrogens with zero attached hydrogens (tertiary/aromatic N) is 2. The van der Waals surface area contributed by atoms with Crippen molar-refractivity contribution in [2.75, 3.05) is 46.5 Å². The smallest absolute Gasteiger partial charge is 0.164 e. The van der Waals surface area contributed by atoms with E-state index in [2.05, 4.69) is 31.2 Å². The van der Waals surface area contributed by atoms with Crippen LogP contribution in [0.4, 0.5) is 11.5 Å². The molecule has 35 heavy (non-hydrogen) atoms. The van der Waals surface area contributed by atoms with Gasteiger partial charge in [-0.25, -0.2) is 9.97 Å². The predicted octanol–water partition coefficient (Wildman–Crippen LogP) is 4.37. The van der Waals surface area contributed by atoms with Gasteiger partial charge in [-0.3, -0.25) is 0 Å². The highest BCUT2D eigenvalue weighted by molar-refractivity contribution is 9.10. The van der Waals surface area contributed by atoms with Crippen molar-refractivity contribution in [1.82, 2.24) is 9.97 Å². The fourth-order valence-electron chi connectivity index (χ4n) is 4.54. The molecule has 186 valence electrons. The molecular formula is C24H25BrClN3O6. The monoisotopic (exact) mass is 565 g/mol. The Bertz CT molecular complexity index is 1230. The average molecular weight is 567 g/mol. The maximum Gasteiger partial charge on any atom is 0.164 e. The summed E-state index contributed by atoms with van der Waals surface area (Å²) >= 11 is 9.64. The highest BCUT2D eigenvalue weighted by Gasteiger charge is 2.58. The van der Waals surface area contributed by atoms with E-state index < -0.39 is 5.60 Å². The first-order valence-corrected chi connectivity index (χ1v) is 12.1. The van der Waals surface area contributed by atoms with Gasteiger partial charge < -0.3 is 33.7 Å². The van der Waals surface area contributed by atoms with Gasteiger partial charge in [-0.2, -0.15) is 0 Å². The molecule has 2 saturated heterocycles. The van der Waals surface area contributed by atoms with E-state index in [1.54, 1.807) is 21.3 Å². The number of rotatable bonds is 8. The minimum absolute atomic E-state index is 0.292. The molecule has 5 rings (SSSR count). The van der Waals surface area contributed by atoms with E-state index in [-0.39, 0.29) is 18.3 Å². The fraction of sp³-hybridized carbons (Fsp3) is 0.417. The summed E-state index contributed by atoms with van der Waals surface area (Å²) in [4.78, 5) is 8.84. The van der Waals surface area contributed by atoms with Gasteiger partial charge in [0.15, 0.2) is 17.6 Å². The standard InChI is InChI=1S/C24H25BrClN3O6/c1-30-10-24(32-3)11-34-21-20(9-33-22(21)24)35-19-8-17-14(7-18(19)31-2)23(28-12-27-17)29-13-4-5-15(25)16(26)6-13/h4-8,12,20-22H,9-11H2,1-3H3,(H,27,28,29)/t20-,21+,22-,24-/m1/s1. The van der Waals surface area contributed by atoms with Crippen molar-refractivity contribution >= 4 is 49.9 Å². The molecule has 3 aromatic rings. The second-order valence-electron chi connectivity index (χ2n) is 8.38. The zero-order valence-electron chi connectivity index (χ0n) is 19.4. The maximum atomic E-state index is 6.35. The molecule has 1 aromatic heterocycles. The molecule has 1 N–H and O–H groups in total. The lowest BCUT2D eigenvalue weighted by Crippen LogP contribution is -2.49. The first kappa shape index (κ1) is 24.5. The molecule has 0 amide bonds. The van der Waals surface area contributed by atoms with E-state index in [0.29, 0.717) is 47.7 Å². The number of methoxy groups -OCH3 is 3. The molecule has 0 radical (unpaired) electrons. The van der Waals surface area contributed by atoms with Crippen LogP contribution in [0, 0.1) is 0 Å². The molecular weight excluding hydrogens is 542 g/mol. The van der Waals surface area contributed by atoms with Gasteiger partial charge in [0.1, 0.15) is 30.0 Å². The maximum absolute atomic E-state index is 6.35. The molecule has 4 atom stereocenters. The molecule has 2 aliphatic heterocycles. The summed E-state index contributed by atoms with van der Waals surface area (Å²) < 4.78 is 36.0. The topological polar surface area (TPSA) is 93.2 Å². The van der Waals surface area contributed by atoms with Crippen molar-refractivity contribution < 1.29 is 28.4 Å². The SMILES string of the molecule is COC[C@@]1(OC)CO[C@@H]2[C@H]1OC[C@H]2Oc1cc2ncnc(Nc3ccc(Br)c(Cl)c3)c2cc1OC. The van der Waals surface area contributed by atoms with Crippen LogP contribution in [0.5, 0.6) is 11.5 Å². The zero-order chi connectivity index (χ0) is 24.6. The number of anilines is 2. The van der Waals surface area contributed by atoms with E-state index in [0.717, 1.165) is 15.5 Å². The lowest BCUT2D eigenvalue weighted by atomic mass is 9.96. The van der Waals surface area contributed by atoms with Crippen molar-refractivity contribution in [2.45, 2.75) is 23.9 Å². The summed E-state index contributed by atoms with van der Waals surface area (Å²) in [5.74, 6) is 1.70. The number of halogens is 2. The first-order chi connectivity index (χ1) is 17.0. The molecule has 3 heterocycles. The van der Waals surface area contributed by atoms with Crippen LogP contribution in [0.3, 0.4) is 0 Å². The summed E-state index contributed by atoms with van der Waals surface area (Å²) in [5, 5.41) is 4.66. The van der Waals surface area contributed by atoms with Crippen molar-refractivity contribution in [3.63, 3.8) is 0 Å². The Morgan fingerprint density at radius 1 is 1.14 bits per heavy atom. The normalized spacial score (nSPS) is 25.6. The van der Waals surface area contributed by atoms with Gasteiger partial charge >= 0.3 is 0 Å². The quantitative estimate of drug-likeness (QED) is 0.426. The Labute approximate surface area is 216 Å². The number of fused-ring (bicyclic) bond motifs is 2. The largest absolute Gasteiger partial charge is 0.493 e. The van der Waals surface area contributed by atoms with Crippen LogP contribution >= 0.6 is 27.5 Å². The Kier molecular flexibility index (Phi) is 7.02. The van der Waals surface area contributed by atoms with Crippen LogP contribution < -0.4 is 14.8 Å². The van der Waals surface area contributed by atoms with Crippen molar-refractivity contribution in [1.29, 1.82) is 0 Å². The molecule has 0 spiro atoms. The Balaban J connectivity index is 1.41. The molecule has 11 heteroatoms. The third kappa shape index (κ3) is 4.54. The van der Waals surface area contributed by atoms with Gasteiger partial charge in [0.05, 0.1) is 37.5 Å². The van der Waals surface area contributed by atoms with Crippen LogP contribution in [0.25, 0.3) is 10.9 Å². The number of ether oxygens (including phenoxy) is 6.